The van der Waals surface area contributed by atoms with Crippen molar-refractivity contribution >= 4 is 34.0 Å². The van der Waals surface area contributed by atoms with Crippen molar-refractivity contribution in [1.82, 2.24) is 10.3 Å². The molecule has 0 radical (unpaired) electrons. The average Bonchev–Trinajstić information content (AvgIpc) is 3.03. The zero-order chi connectivity index (χ0) is 17.5. The molecule has 0 aliphatic carbocycles. The monoisotopic (exact) mass is 346 g/mol. The van der Waals surface area contributed by atoms with Gasteiger partial charge in [0, 0.05) is 30.2 Å². The Morgan fingerprint density at radius 1 is 1.25 bits per heavy atom. The summed E-state index contributed by atoms with van der Waals surface area (Å²) < 4.78 is 0. The van der Waals surface area contributed by atoms with Crippen LogP contribution >= 0.6 is 11.3 Å². The standard InChI is InChI=1S/C17H22N4O2S/c1-11-4-5-12(2)14(10-11)20-15(22)6-7-18-13(3)16(23)21-17-19-8-9-24-17/h4-5,8-10,13,18H,6-7H2,1-3H3,(H,20,22)(H,19,21,23)/t13-/m0/s1. The van der Waals surface area contributed by atoms with Crippen LogP contribution in [0.3, 0.4) is 0 Å². The molecule has 2 aromatic rings. The summed E-state index contributed by atoms with van der Waals surface area (Å²) in [5, 5.41) is 11.0. The number of thiazole rings is 1. The van der Waals surface area contributed by atoms with Crippen LogP contribution in [0.25, 0.3) is 0 Å². The second-order valence-electron chi connectivity index (χ2n) is 5.62. The Bertz CT molecular complexity index is 701. The highest BCUT2D eigenvalue weighted by Gasteiger charge is 2.14. The van der Waals surface area contributed by atoms with E-state index in [-0.39, 0.29) is 11.8 Å². The van der Waals surface area contributed by atoms with E-state index in [9.17, 15) is 9.59 Å². The maximum atomic E-state index is 12.0. The van der Waals surface area contributed by atoms with Crippen molar-refractivity contribution in [3.05, 3.63) is 40.9 Å². The van der Waals surface area contributed by atoms with Gasteiger partial charge < -0.3 is 16.0 Å². The molecule has 1 heterocycles. The summed E-state index contributed by atoms with van der Waals surface area (Å²) >= 11 is 1.37. The van der Waals surface area contributed by atoms with E-state index in [1.54, 1.807) is 18.5 Å². The Kier molecular flexibility index (Phi) is 6.45. The lowest BCUT2D eigenvalue weighted by Crippen LogP contribution is -2.39. The molecule has 0 aliphatic heterocycles. The van der Waals surface area contributed by atoms with Crippen LogP contribution in [-0.4, -0.2) is 29.4 Å². The summed E-state index contributed by atoms with van der Waals surface area (Å²) in [5.74, 6) is -0.247. The average molecular weight is 346 g/mol. The zero-order valence-corrected chi connectivity index (χ0v) is 14.9. The number of aryl methyl sites for hydroxylation is 2. The van der Waals surface area contributed by atoms with Crippen molar-refractivity contribution in [1.29, 1.82) is 0 Å². The molecule has 3 N–H and O–H groups in total. The first-order valence-electron chi connectivity index (χ1n) is 7.76. The van der Waals surface area contributed by atoms with Crippen LogP contribution in [0.2, 0.25) is 0 Å². The van der Waals surface area contributed by atoms with E-state index in [1.807, 2.05) is 32.0 Å². The minimum atomic E-state index is -0.401. The molecule has 128 valence electrons. The summed E-state index contributed by atoms with van der Waals surface area (Å²) in [6, 6.07) is 5.54. The van der Waals surface area contributed by atoms with E-state index in [1.165, 1.54) is 11.3 Å². The highest BCUT2D eigenvalue weighted by molar-refractivity contribution is 7.13. The largest absolute Gasteiger partial charge is 0.326 e. The molecule has 1 aromatic heterocycles. The molecular weight excluding hydrogens is 324 g/mol. The minimum absolute atomic E-state index is 0.0799. The van der Waals surface area contributed by atoms with Crippen molar-refractivity contribution in [3.63, 3.8) is 0 Å². The fourth-order valence-corrected chi connectivity index (χ4v) is 2.61. The number of aromatic nitrogens is 1. The Labute approximate surface area is 145 Å². The van der Waals surface area contributed by atoms with Crippen LogP contribution < -0.4 is 16.0 Å². The third kappa shape index (κ3) is 5.43. The van der Waals surface area contributed by atoms with Gasteiger partial charge in [0.25, 0.3) is 0 Å². The number of carbonyl (C=O) groups is 2. The van der Waals surface area contributed by atoms with Crippen LogP contribution in [0.4, 0.5) is 10.8 Å². The van der Waals surface area contributed by atoms with Crippen molar-refractivity contribution in [3.8, 4) is 0 Å². The summed E-state index contributed by atoms with van der Waals surface area (Å²) in [4.78, 5) is 28.0. The normalized spacial score (nSPS) is 11.8. The molecular formula is C17H22N4O2S. The third-order valence-corrected chi connectivity index (χ3v) is 4.21. The van der Waals surface area contributed by atoms with Crippen molar-refractivity contribution in [2.75, 3.05) is 17.2 Å². The lowest BCUT2D eigenvalue weighted by molar-refractivity contribution is -0.119. The number of carbonyl (C=O) groups excluding carboxylic acids is 2. The van der Waals surface area contributed by atoms with Gasteiger partial charge in [0.05, 0.1) is 6.04 Å². The molecule has 0 bridgehead atoms. The molecule has 24 heavy (non-hydrogen) atoms. The molecule has 0 spiro atoms. The van der Waals surface area contributed by atoms with Gasteiger partial charge in [-0.15, -0.1) is 11.3 Å². The Hall–Kier alpha value is -2.25. The first-order valence-corrected chi connectivity index (χ1v) is 8.64. The molecule has 0 saturated carbocycles. The van der Waals surface area contributed by atoms with E-state index in [4.69, 9.17) is 0 Å². The smallest absolute Gasteiger partial charge is 0.243 e. The molecule has 0 fully saturated rings. The maximum Gasteiger partial charge on any atom is 0.243 e. The van der Waals surface area contributed by atoms with Gasteiger partial charge in [-0.2, -0.15) is 0 Å². The Morgan fingerprint density at radius 3 is 2.75 bits per heavy atom. The van der Waals surface area contributed by atoms with E-state index >= 15 is 0 Å². The Morgan fingerprint density at radius 2 is 2.04 bits per heavy atom. The molecule has 0 aliphatic rings. The van der Waals surface area contributed by atoms with Crippen molar-refractivity contribution in [2.45, 2.75) is 33.2 Å². The maximum absolute atomic E-state index is 12.0. The third-order valence-electron chi connectivity index (χ3n) is 3.53. The fourth-order valence-electron chi connectivity index (χ4n) is 2.08. The van der Waals surface area contributed by atoms with Gasteiger partial charge in [0.15, 0.2) is 5.13 Å². The predicted molar refractivity (Wildman–Crippen MR) is 97.4 cm³/mol. The highest BCUT2D eigenvalue weighted by Crippen LogP contribution is 2.16. The Balaban J connectivity index is 1.73. The highest BCUT2D eigenvalue weighted by atomic mass is 32.1. The van der Waals surface area contributed by atoms with Crippen LogP contribution in [0, 0.1) is 13.8 Å². The number of benzene rings is 1. The quantitative estimate of drug-likeness (QED) is 0.720. The summed E-state index contributed by atoms with van der Waals surface area (Å²) in [7, 11) is 0. The molecule has 1 aromatic carbocycles. The number of nitrogens with one attached hydrogen (secondary N) is 3. The second kappa shape index (κ2) is 8.56. The summed E-state index contributed by atoms with van der Waals surface area (Å²) in [5.41, 5.74) is 2.95. The SMILES string of the molecule is Cc1ccc(C)c(NC(=O)CCN[C@@H](C)C(=O)Nc2nccs2)c1. The number of rotatable bonds is 7. The van der Waals surface area contributed by atoms with Gasteiger partial charge >= 0.3 is 0 Å². The number of hydrogen-bond acceptors (Lipinski definition) is 5. The number of hydrogen-bond donors (Lipinski definition) is 3. The predicted octanol–water partition coefficient (Wildman–Crippen LogP) is 2.71. The molecule has 0 saturated heterocycles. The summed E-state index contributed by atoms with van der Waals surface area (Å²) in [6.07, 6.45) is 1.93. The van der Waals surface area contributed by atoms with Crippen LogP contribution in [0.15, 0.2) is 29.8 Å². The molecule has 1 atom stereocenters. The number of anilines is 2. The van der Waals surface area contributed by atoms with Crippen LogP contribution in [0.1, 0.15) is 24.5 Å². The van der Waals surface area contributed by atoms with E-state index in [0.717, 1.165) is 16.8 Å². The van der Waals surface area contributed by atoms with Gasteiger partial charge in [-0.1, -0.05) is 12.1 Å². The molecule has 7 heteroatoms. The molecule has 6 nitrogen and oxygen atoms in total. The van der Waals surface area contributed by atoms with Gasteiger partial charge in [-0.25, -0.2) is 4.98 Å². The van der Waals surface area contributed by atoms with E-state index < -0.39 is 6.04 Å². The van der Waals surface area contributed by atoms with Gasteiger partial charge in [-0.05, 0) is 38.0 Å². The molecule has 2 rings (SSSR count). The van der Waals surface area contributed by atoms with E-state index in [0.29, 0.717) is 18.1 Å². The lowest BCUT2D eigenvalue weighted by Gasteiger charge is -2.13. The van der Waals surface area contributed by atoms with Crippen LogP contribution in [-0.2, 0) is 9.59 Å². The minimum Gasteiger partial charge on any atom is -0.326 e. The van der Waals surface area contributed by atoms with Gasteiger partial charge in [-0.3, -0.25) is 9.59 Å². The number of amides is 2. The van der Waals surface area contributed by atoms with Crippen molar-refractivity contribution < 1.29 is 9.59 Å². The first-order chi connectivity index (χ1) is 11.5. The van der Waals surface area contributed by atoms with E-state index in [2.05, 4.69) is 20.9 Å². The van der Waals surface area contributed by atoms with Crippen molar-refractivity contribution in [2.24, 2.45) is 0 Å². The topological polar surface area (TPSA) is 83.1 Å². The van der Waals surface area contributed by atoms with Crippen LogP contribution in [0.5, 0.6) is 0 Å². The van der Waals surface area contributed by atoms with Gasteiger partial charge in [0.2, 0.25) is 11.8 Å². The lowest BCUT2D eigenvalue weighted by atomic mass is 10.1. The summed E-state index contributed by atoms with van der Waals surface area (Å²) in [6.45, 7) is 6.12. The first kappa shape index (κ1) is 18.1. The zero-order valence-electron chi connectivity index (χ0n) is 14.1. The van der Waals surface area contributed by atoms with Gasteiger partial charge in [0.1, 0.15) is 0 Å². The fraction of sp³-hybridized carbons (Fsp3) is 0.353. The number of nitrogens with zero attached hydrogens (tertiary/aromatic N) is 1. The molecule has 0 unspecified atom stereocenters. The second-order valence-corrected chi connectivity index (χ2v) is 6.51. The molecule has 2 amide bonds.